The van der Waals surface area contributed by atoms with Gasteiger partial charge in [-0.2, -0.15) is 0 Å². The van der Waals surface area contributed by atoms with E-state index in [2.05, 4.69) is 20.3 Å². The predicted octanol–water partition coefficient (Wildman–Crippen LogP) is 1.30. The minimum absolute atomic E-state index is 0.0539. The zero-order valence-corrected chi connectivity index (χ0v) is 11.0. The van der Waals surface area contributed by atoms with E-state index in [0.717, 1.165) is 0 Å². The number of carbonyl (C=O) groups is 2. The number of rotatable bonds is 5. The maximum Gasteiger partial charge on any atom is 0.354 e. The molecular weight excluding hydrogens is 280 g/mol. The van der Waals surface area contributed by atoms with Crippen molar-refractivity contribution >= 4 is 29.6 Å². The number of aromatic nitrogens is 3. The lowest BCUT2D eigenvalue weighted by Gasteiger charge is -2.03. The van der Waals surface area contributed by atoms with Crippen molar-refractivity contribution < 1.29 is 14.7 Å². The quantitative estimate of drug-likeness (QED) is 0.799. The van der Waals surface area contributed by atoms with Crippen molar-refractivity contribution in [1.82, 2.24) is 15.0 Å². The molecule has 0 unspecified atom stereocenters. The van der Waals surface area contributed by atoms with Gasteiger partial charge in [-0.3, -0.25) is 10.1 Å². The van der Waals surface area contributed by atoms with Gasteiger partial charge in [0.2, 0.25) is 11.9 Å². The molecule has 20 heavy (non-hydrogen) atoms. The van der Waals surface area contributed by atoms with Crippen LogP contribution in [0, 0.1) is 0 Å². The molecule has 0 bridgehead atoms. The second-order valence-corrected chi connectivity index (χ2v) is 4.64. The number of hydrogen-bond donors (Lipinski definition) is 2. The fraction of sp³-hybridized carbons (Fsp3) is 0.0833. The van der Waals surface area contributed by atoms with Crippen LogP contribution in [-0.2, 0) is 4.79 Å². The van der Waals surface area contributed by atoms with Crippen LogP contribution in [0.1, 0.15) is 10.5 Å². The van der Waals surface area contributed by atoms with Gasteiger partial charge in [-0.25, -0.2) is 19.7 Å². The molecule has 2 N–H and O–H groups in total. The van der Waals surface area contributed by atoms with Gasteiger partial charge in [0.05, 0.1) is 5.75 Å². The molecule has 0 spiro atoms. The van der Waals surface area contributed by atoms with E-state index in [1.165, 1.54) is 36.4 Å². The second kappa shape index (κ2) is 6.62. The molecule has 102 valence electrons. The molecule has 0 aliphatic heterocycles. The van der Waals surface area contributed by atoms with E-state index in [-0.39, 0.29) is 23.3 Å². The van der Waals surface area contributed by atoms with Gasteiger partial charge in [-0.1, -0.05) is 0 Å². The summed E-state index contributed by atoms with van der Waals surface area (Å²) in [4.78, 5) is 34.5. The van der Waals surface area contributed by atoms with Gasteiger partial charge in [0.15, 0.2) is 0 Å². The summed E-state index contributed by atoms with van der Waals surface area (Å²) in [6.45, 7) is 0. The summed E-state index contributed by atoms with van der Waals surface area (Å²) in [6, 6.07) is 4.71. The number of carbonyl (C=O) groups excluding carboxylic acids is 1. The summed E-state index contributed by atoms with van der Waals surface area (Å²) < 4.78 is 0. The highest BCUT2D eigenvalue weighted by atomic mass is 32.2. The van der Waals surface area contributed by atoms with Crippen molar-refractivity contribution in [3.8, 4) is 0 Å². The van der Waals surface area contributed by atoms with Crippen LogP contribution < -0.4 is 5.32 Å². The molecule has 0 aliphatic rings. The van der Waals surface area contributed by atoms with Crippen molar-refractivity contribution in [1.29, 1.82) is 0 Å². The topological polar surface area (TPSA) is 105 Å². The van der Waals surface area contributed by atoms with E-state index in [9.17, 15) is 9.59 Å². The number of pyridine rings is 1. The number of carboxylic acid groups (broad SMARTS) is 1. The summed E-state index contributed by atoms with van der Waals surface area (Å²) in [5, 5.41) is 11.3. The Morgan fingerprint density at radius 2 is 1.95 bits per heavy atom. The largest absolute Gasteiger partial charge is 0.477 e. The van der Waals surface area contributed by atoms with Gasteiger partial charge < -0.3 is 5.11 Å². The Bertz CT molecular complexity index is 621. The van der Waals surface area contributed by atoms with Crippen molar-refractivity contribution in [2.24, 2.45) is 0 Å². The van der Waals surface area contributed by atoms with E-state index < -0.39 is 5.97 Å². The van der Waals surface area contributed by atoms with Crippen LogP contribution in [-0.4, -0.2) is 37.7 Å². The van der Waals surface area contributed by atoms with Gasteiger partial charge in [0, 0.05) is 23.5 Å². The van der Waals surface area contributed by atoms with Crippen LogP contribution in [0.4, 0.5) is 5.95 Å². The zero-order valence-electron chi connectivity index (χ0n) is 10.2. The Labute approximate surface area is 118 Å². The van der Waals surface area contributed by atoms with Crippen LogP contribution in [0.15, 0.2) is 41.7 Å². The summed E-state index contributed by atoms with van der Waals surface area (Å²) in [5.41, 5.74) is -0.0539. The van der Waals surface area contributed by atoms with E-state index in [0.29, 0.717) is 4.90 Å². The molecule has 0 atom stereocenters. The van der Waals surface area contributed by atoms with Crippen LogP contribution in [0.25, 0.3) is 0 Å². The third kappa shape index (κ3) is 4.02. The van der Waals surface area contributed by atoms with Crippen LogP contribution in [0.5, 0.6) is 0 Å². The predicted molar refractivity (Wildman–Crippen MR) is 72.6 cm³/mol. The Morgan fingerprint density at radius 3 is 2.65 bits per heavy atom. The fourth-order valence-corrected chi connectivity index (χ4v) is 2.01. The van der Waals surface area contributed by atoms with E-state index >= 15 is 0 Å². The highest BCUT2D eigenvalue weighted by molar-refractivity contribution is 8.00. The number of nitrogens with one attached hydrogen (secondary N) is 1. The van der Waals surface area contributed by atoms with Gasteiger partial charge in [0.1, 0.15) is 5.69 Å². The summed E-state index contributed by atoms with van der Waals surface area (Å²) in [5.74, 6) is -1.01. The first-order chi connectivity index (χ1) is 9.65. The number of amides is 1. The summed E-state index contributed by atoms with van der Waals surface area (Å²) >= 11 is 1.21. The highest BCUT2D eigenvalue weighted by Crippen LogP contribution is 2.18. The Morgan fingerprint density at radius 1 is 1.20 bits per heavy atom. The van der Waals surface area contributed by atoms with Crippen molar-refractivity contribution in [2.45, 2.75) is 4.90 Å². The first-order valence-corrected chi connectivity index (χ1v) is 6.53. The van der Waals surface area contributed by atoms with E-state index in [1.807, 2.05) is 0 Å². The molecule has 8 heteroatoms. The normalized spacial score (nSPS) is 10.0. The maximum atomic E-state index is 11.7. The summed E-state index contributed by atoms with van der Waals surface area (Å²) in [7, 11) is 0. The van der Waals surface area contributed by atoms with E-state index in [4.69, 9.17) is 5.11 Å². The van der Waals surface area contributed by atoms with Gasteiger partial charge >= 0.3 is 5.97 Å². The van der Waals surface area contributed by atoms with Gasteiger partial charge in [0.25, 0.3) is 0 Å². The third-order valence-electron chi connectivity index (χ3n) is 2.14. The molecule has 0 saturated carbocycles. The number of aromatic carboxylic acids is 1. The Balaban J connectivity index is 1.90. The van der Waals surface area contributed by atoms with E-state index in [1.54, 1.807) is 12.1 Å². The highest BCUT2D eigenvalue weighted by Gasteiger charge is 2.08. The van der Waals surface area contributed by atoms with Crippen molar-refractivity contribution in [3.63, 3.8) is 0 Å². The van der Waals surface area contributed by atoms with Gasteiger partial charge in [-0.05, 0) is 18.2 Å². The second-order valence-electron chi connectivity index (χ2n) is 3.59. The molecule has 2 heterocycles. The van der Waals surface area contributed by atoms with Gasteiger partial charge in [-0.15, -0.1) is 11.8 Å². The molecule has 0 aliphatic carbocycles. The number of nitrogens with zero attached hydrogens (tertiary/aromatic N) is 3. The van der Waals surface area contributed by atoms with Crippen LogP contribution in [0.2, 0.25) is 0 Å². The Kier molecular flexibility index (Phi) is 4.61. The SMILES string of the molecule is O=C(CSc1ccnc(C(=O)O)c1)Nc1ncccn1. The minimum Gasteiger partial charge on any atom is -0.477 e. The number of anilines is 1. The van der Waals surface area contributed by atoms with Crippen LogP contribution >= 0.6 is 11.8 Å². The fourth-order valence-electron chi connectivity index (χ4n) is 1.29. The monoisotopic (exact) mass is 290 g/mol. The molecule has 0 radical (unpaired) electrons. The molecule has 2 aromatic heterocycles. The maximum absolute atomic E-state index is 11.7. The smallest absolute Gasteiger partial charge is 0.354 e. The Hall–Kier alpha value is -2.48. The molecule has 0 fully saturated rings. The zero-order chi connectivity index (χ0) is 14.4. The van der Waals surface area contributed by atoms with Crippen molar-refractivity contribution in [2.75, 3.05) is 11.1 Å². The molecule has 2 rings (SSSR count). The molecule has 7 nitrogen and oxygen atoms in total. The number of thioether (sulfide) groups is 1. The molecular formula is C12H10N4O3S. The molecule has 2 aromatic rings. The lowest BCUT2D eigenvalue weighted by Crippen LogP contribution is -2.15. The van der Waals surface area contributed by atoms with Crippen molar-refractivity contribution in [3.05, 3.63) is 42.5 Å². The third-order valence-corrected chi connectivity index (χ3v) is 3.13. The summed E-state index contributed by atoms with van der Waals surface area (Å²) in [6.07, 6.45) is 4.44. The lowest BCUT2D eigenvalue weighted by molar-refractivity contribution is -0.113. The number of hydrogen-bond acceptors (Lipinski definition) is 6. The standard InChI is InChI=1S/C12H10N4O3S/c17-10(16-12-14-3-1-4-15-12)7-20-8-2-5-13-9(6-8)11(18)19/h1-6H,7H2,(H,18,19)(H,14,15,16,17). The molecule has 0 aromatic carbocycles. The molecule has 1 amide bonds. The average Bonchev–Trinajstić information content (AvgIpc) is 2.46. The first kappa shape index (κ1) is 13.9. The average molecular weight is 290 g/mol. The lowest BCUT2D eigenvalue weighted by atomic mass is 10.3. The first-order valence-electron chi connectivity index (χ1n) is 5.54. The van der Waals surface area contributed by atoms with Crippen LogP contribution in [0.3, 0.4) is 0 Å². The number of carboxylic acids is 1. The molecule has 0 saturated heterocycles. The minimum atomic E-state index is -1.10.